The molecule has 0 aromatic carbocycles. The molecule has 0 saturated heterocycles. The highest BCUT2D eigenvalue weighted by atomic mass is 32.1. The molecule has 1 aromatic rings. The van der Waals surface area contributed by atoms with Gasteiger partial charge in [0.05, 0.1) is 6.04 Å². The van der Waals surface area contributed by atoms with Gasteiger partial charge in [0.2, 0.25) is 5.91 Å². The van der Waals surface area contributed by atoms with Crippen LogP contribution in [0.4, 0.5) is 0 Å². The molecule has 0 aliphatic rings. The van der Waals surface area contributed by atoms with Gasteiger partial charge in [-0.15, -0.1) is 11.3 Å². The monoisotopic (exact) mass is 311 g/mol. The molecule has 1 heterocycles. The number of thiophene rings is 1. The molecule has 0 radical (unpaired) electrons. The summed E-state index contributed by atoms with van der Waals surface area (Å²) < 4.78 is 0. The van der Waals surface area contributed by atoms with Crippen LogP contribution in [0.1, 0.15) is 51.5 Å². The molecule has 0 fully saturated rings. The van der Waals surface area contributed by atoms with Crippen LogP contribution in [0.15, 0.2) is 22.7 Å². The smallest absolute Gasteiger partial charge is 0.234 e. The molecule has 0 bridgehead atoms. The normalized spacial score (nSPS) is 14.2. The first-order valence-corrected chi connectivity index (χ1v) is 8.13. The van der Waals surface area contributed by atoms with Crippen LogP contribution in [0.5, 0.6) is 0 Å². The minimum absolute atomic E-state index is 0.0290. The first kappa shape index (κ1) is 17.5. The fraction of sp³-hybridized carbons (Fsp3) is 0.600. The number of rotatable bonds is 7. The Labute approximate surface area is 130 Å². The topological polar surface area (TPSA) is 87.7 Å². The molecule has 0 saturated carbocycles. The zero-order chi connectivity index (χ0) is 16.0. The van der Waals surface area contributed by atoms with Crippen LogP contribution in [-0.4, -0.2) is 17.0 Å². The quantitative estimate of drug-likeness (QED) is 0.313. The molecule has 1 aromatic heterocycles. The van der Waals surface area contributed by atoms with Gasteiger partial charge in [0.25, 0.3) is 0 Å². The molecule has 21 heavy (non-hydrogen) atoms. The maximum absolute atomic E-state index is 12.8. The van der Waals surface area contributed by atoms with Crippen LogP contribution >= 0.6 is 11.3 Å². The molecule has 0 spiro atoms. The summed E-state index contributed by atoms with van der Waals surface area (Å²) in [5, 5.41) is 17.1. The van der Waals surface area contributed by atoms with Crippen molar-refractivity contribution in [3.05, 3.63) is 22.4 Å². The summed E-state index contributed by atoms with van der Waals surface area (Å²) in [6.45, 7) is 7.87. The fourth-order valence-electron chi connectivity index (χ4n) is 2.46. The molecule has 1 rings (SSSR count). The van der Waals surface area contributed by atoms with E-state index in [2.05, 4.69) is 24.3 Å². The van der Waals surface area contributed by atoms with Crippen LogP contribution in [-0.2, 0) is 4.79 Å². The number of hydrogen-bond donors (Lipinski definition) is 3. The van der Waals surface area contributed by atoms with Crippen molar-refractivity contribution in [2.24, 2.45) is 22.2 Å². The zero-order valence-electron chi connectivity index (χ0n) is 13.1. The number of hydrogen-bond acceptors (Lipinski definition) is 4. The second-order valence-electron chi connectivity index (χ2n) is 5.49. The summed E-state index contributed by atoms with van der Waals surface area (Å²) in [7, 11) is 0. The van der Waals surface area contributed by atoms with E-state index in [1.807, 2.05) is 31.4 Å². The summed E-state index contributed by atoms with van der Waals surface area (Å²) in [6.07, 6.45) is 0.973. The molecular formula is C15H25N3O2S. The van der Waals surface area contributed by atoms with Crippen molar-refractivity contribution in [2.45, 2.75) is 46.6 Å². The molecule has 0 aliphatic heterocycles. The average Bonchev–Trinajstić information content (AvgIpc) is 2.99. The van der Waals surface area contributed by atoms with Gasteiger partial charge in [-0.2, -0.15) is 0 Å². The van der Waals surface area contributed by atoms with Crippen molar-refractivity contribution in [1.29, 1.82) is 0 Å². The Kier molecular flexibility index (Phi) is 6.20. The van der Waals surface area contributed by atoms with Gasteiger partial charge < -0.3 is 16.3 Å². The maximum atomic E-state index is 12.8. The lowest BCUT2D eigenvalue weighted by molar-refractivity contribution is -0.129. The van der Waals surface area contributed by atoms with Crippen molar-refractivity contribution < 1.29 is 10.0 Å². The molecule has 4 N–H and O–H groups in total. The number of carbonyl (C=O) groups excluding carboxylic acids is 1. The third-order valence-corrected chi connectivity index (χ3v) is 5.00. The van der Waals surface area contributed by atoms with Gasteiger partial charge in [-0.25, -0.2) is 0 Å². The molecule has 6 heteroatoms. The summed E-state index contributed by atoms with van der Waals surface area (Å²) in [4.78, 5) is 13.9. The Hall–Kier alpha value is -1.56. The van der Waals surface area contributed by atoms with E-state index < -0.39 is 5.41 Å². The third-order valence-electron chi connectivity index (χ3n) is 4.04. The van der Waals surface area contributed by atoms with Crippen molar-refractivity contribution in [3.8, 4) is 0 Å². The number of amidine groups is 1. The zero-order valence-corrected chi connectivity index (χ0v) is 13.9. The lowest BCUT2D eigenvalue weighted by Crippen LogP contribution is -2.50. The number of amides is 1. The van der Waals surface area contributed by atoms with Gasteiger partial charge >= 0.3 is 0 Å². The predicted octanol–water partition coefficient (Wildman–Crippen LogP) is 3.11. The van der Waals surface area contributed by atoms with E-state index in [4.69, 9.17) is 10.9 Å². The molecule has 5 nitrogen and oxygen atoms in total. The highest BCUT2D eigenvalue weighted by molar-refractivity contribution is 7.10. The van der Waals surface area contributed by atoms with E-state index in [1.165, 1.54) is 0 Å². The van der Waals surface area contributed by atoms with Crippen molar-refractivity contribution >= 4 is 23.1 Å². The Morgan fingerprint density at radius 2 is 2.10 bits per heavy atom. The van der Waals surface area contributed by atoms with E-state index >= 15 is 0 Å². The second-order valence-corrected chi connectivity index (χ2v) is 6.46. The largest absolute Gasteiger partial charge is 0.409 e. The first-order chi connectivity index (χ1) is 9.92. The second kappa shape index (κ2) is 7.45. The number of oxime groups is 1. The minimum atomic E-state index is -0.959. The van der Waals surface area contributed by atoms with Gasteiger partial charge in [0, 0.05) is 4.88 Å². The van der Waals surface area contributed by atoms with E-state index in [1.54, 1.807) is 11.3 Å². The van der Waals surface area contributed by atoms with Crippen LogP contribution in [0, 0.1) is 11.3 Å². The van der Waals surface area contributed by atoms with E-state index in [9.17, 15) is 4.79 Å². The highest BCUT2D eigenvalue weighted by Crippen LogP contribution is 2.31. The van der Waals surface area contributed by atoms with E-state index in [-0.39, 0.29) is 23.7 Å². The van der Waals surface area contributed by atoms with Crippen molar-refractivity contribution in [2.75, 3.05) is 0 Å². The maximum Gasteiger partial charge on any atom is 0.234 e. The summed E-state index contributed by atoms with van der Waals surface area (Å²) in [6, 6.07) is 3.91. The Bertz CT molecular complexity index is 479. The highest BCUT2D eigenvalue weighted by Gasteiger charge is 2.41. The number of nitrogens with one attached hydrogen (secondary N) is 1. The van der Waals surface area contributed by atoms with Crippen molar-refractivity contribution in [1.82, 2.24) is 5.32 Å². The first-order valence-electron chi connectivity index (χ1n) is 7.25. The number of nitrogens with two attached hydrogens (primary N) is 1. The third kappa shape index (κ3) is 3.56. The van der Waals surface area contributed by atoms with Gasteiger partial charge in [0.1, 0.15) is 5.41 Å². The predicted molar refractivity (Wildman–Crippen MR) is 86.5 cm³/mol. The van der Waals surface area contributed by atoms with Crippen LogP contribution in [0.3, 0.4) is 0 Å². The summed E-state index contributed by atoms with van der Waals surface area (Å²) in [5.41, 5.74) is 4.83. The summed E-state index contributed by atoms with van der Waals surface area (Å²) >= 11 is 1.62. The molecular weight excluding hydrogens is 286 g/mol. The van der Waals surface area contributed by atoms with Crippen LogP contribution in [0.2, 0.25) is 0 Å². The molecule has 1 unspecified atom stereocenters. The van der Waals surface area contributed by atoms with Gasteiger partial charge in [-0.05, 0) is 30.2 Å². The molecule has 1 atom stereocenters. The Morgan fingerprint density at radius 3 is 2.48 bits per heavy atom. The Morgan fingerprint density at radius 1 is 1.48 bits per heavy atom. The fourth-order valence-corrected chi connectivity index (χ4v) is 3.41. The summed E-state index contributed by atoms with van der Waals surface area (Å²) in [5.74, 6) is 0.0416. The standard InChI is InChI=1S/C15H25N3O2S/c1-5-15(6-2,13(16)18-20)14(19)17-12(10(3)4)11-8-7-9-21-11/h7-10,12,20H,5-6H2,1-4H3,(H2,16,18)(H,17,19). The van der Waals surface area contributed by atoms with Gasteiger partial charge in [0.15, 0.2) is 5.84 Å². The lowest BCUT2D eigenvalue weighted by atomic mass is 9.79. The van der Waals surface area contributed by atoms with Crippen molar-refractivity contribution in [3.63, 3.8) is 0 Å². The minimum Gasteiger partial charge on any atom is -0.409 e. The SMILES string of the molecule is CCC(CC)(C(=O)NC(c1cccs1)C(C)C)C(N)=NO. The number of carbonyl (C=O) groups is 1. The van der Waals surface area contributed by atoms with E-state index in [0.717, 1.165) is 4.88 Å². The van der Waals surface area contributed by atoms with Crippen LogP contribution < -0.4 is 11.1 Å². The van der Waals surface area contributed by atoms with E-state index in [0.29, 0.717) is 12.8 Å². The van der Waals surface area contributed by atoms with Gasteiger partial charge in [-0.1, -0.05) is 38.9 Å². The molecule has 0 aliphatic carbocycles. The molecule has 118 valence electrons. The van der Waals surface area contributed by atoms with Gasteiger partial charge in [-0.3, -0.25) is 4.79 Å². The molecule has 1 amide bonds. The average molecular weight is 311 g/mol. The number of nitrogens with zero attached hydrogens (tertiary/aromatic N) is 1. The van der Waals surface area contributed by atoms with Crippen LogP contribution in [0.25, 0.3) is 0 Å². The lowest BCUT2D eigenvalue weighted by Gasteiger charge is -2.32. The Balaban J connectivity index is 3.05.